The van der Waals surface area contributed by atoms with Gasteiger partial charge in [0.25, 0.3) is 11.5 Å². The number of anilines is 1. The minimum atomic E-state index is -0.623. The van der Waals surface area contributed by atoms with E-state index >= 15 is 0 Å². The molecule has 1 aliphatic rings. The number of H-pyrrole nitrogens is 1. The Bertz CT molecular complexity index is 405. The molecule has 1 fully saturated rings. The number of carbonyl (C=O) groups is 1. The largest absolute Gasteiger partial charge is 0.376 e. The molecule has 0 aliphatic carbocycles. The molecule has 16 heavy (non-hydrogen) atoms. The van der Waals surface area contributed by atoms with Crippen molar-refractivity contribution >= 4 is 11.7 Å². The number of ether oxygens (including phenoxy) is 2. The van der Waals surface area contributed by atoms with Gasteiger partial charge < -0.3 is 14.8 Å². The van der Waals surface area contributed by atoms with Crippen LogP contribution >= 0.6 is 0 Å². The Hall–Kier alpha value is -1.73. The predicted octanol–water partition coefficient (Wildman–Crippen LogP) is -0.876. The van der Waals surface area contributed by atoms with Gasteiger partial charge in [-0.25, -0.2) is 5.10 Å². The van der Waals surface area contributed by atoms with Crippen molar-refractivity contribution in [1.82, 2.24) is 10.2 Å². The highest BCUT2D eigenvalue weighted by atomic mass is 16.6. The fourth-order valence-corrected chi connectivity index (χ4v) is 1.26. The van der Waals surface area contributed by atoms with Crippen LogP contribution in [0.3, 0.4) is 0 Å². The van der Waals surface area contributed by atoms with Crippen molar-refractivity contribution in [3.05, 3.63) is 22.5 Å². The molecule has 0 radical (unpaired) electrons. The van der Waals surface area contributed by atoms with Crippen LogP contribution in [0.2, 0.25) is 0 Å². The van der Waals surface area contributed by atoms with Gasteiger partial charge in [-0.15, -0.1) is 0 Å². The summed E-state index contributed by atoms with van der Waals surface area (Å²) in [5.41, 5.74) is -0.324. The lowest BCUT2D eigenvalue weighted by Crippen LogP contribution is -2.39. The molecule has 0 aromatic carbocycles. The van der Waals surface area contributed by atoms with Gasteiger partial charge in [0.05, 0.1) is 19.8 Å². The summed E-state index contributed by atoms with van der Waals surface area (Å²) in [7, 11) is 0. The summed E-state index contributed by atoms with van der Waals surface area (Å²) < 4.78 is 10.3. The van der Waals surface area contributed by atoms with Gasteiger partial charge in [-0.3, -0.25) is 9.59 Å². The molecular formula is C9H11N3O4. The van der Waals surface area contributed by atoms with Gasteiger partial charge in [0, 0.05) is 6.07 Å². The molecule has 1 aliphatic heterocycles. The van der Waals surface area contributed by atoms with E-state index < -0.39 is 6.10 Å². The fourth-order valence-electron chi connectivity index (χ4n) is 1.26. The molecule has 1 unspecified atom stereocenters. The Balaban J connectivity index is 1.95. The molecule has 1 atom stereocenters. The highest BCUT2D eigenvalue weighted by Crippen LogP contribution is 2.04. The summed E-state index contributed by atoms with van der Waals surface area (Å²) in [4.78, 5) is 22.3. The van der Waals surface area contributed by atoms with Crippen LogP contribution < -0.4 is 10.9 Å². The van der Waals surface area contributed by atoms with Gasteiger partial charge in [0.15, 0.2) is 11.9 Å². The zero-order chi connectivity index (χ0) is 11.4. The third-order valence-corrected chi connectivity index (χ3v) is 2.04. The van der Waals surface area contributed by atoms with Gasteiger partial charge in [-0.2, -0.15) is 5.10 Å². The standard InChI is InChI=1S/C9H11N3O4/c13-8-2-1-7(11-12-8)10-9(14)6-5-15-3-4-16-6/h1-2,6H,3-5H2,(H,12,13)(H,10,11,14). The Kier molecular flexibility index (Phi) is 3.28. The van der Waals surface area contributed by atoms with Crippen LogP contribution in [-0.2, 0) is 14.3 Å². The van der Waals surface area contributed by atoms with Crippen molar-refractivity contribution in [2.45, 2.75) is 6.10 Å². The summed E-state index contributed by atoms with van der Waals surface area (Å²) in [6.07, 6.45) is -0.623. The Morgan fingerprint density at radius 3 is 3.00 bits per heavy atom. The lowest BCUT2D eigenvalue weighted by molar-refractivity contribution is -0.142. The highest BCUT2D eigenvalue weighted by molar-refractivity contribution is 5.93. The molecule has 86 valence electrons. The molecule has 2 N–H and O–H groups in total. The van der Waals surface area contributed by atoms with Crippen LogP contribution in [0.5, 0.6) is 0 Å². The Labute approximate surface area is 90.8 Å². The smallest absolute Gasteiger partial charge is 0.264 e. The van der Waals surface area contributed by atoms with Crippen LogP contribution in [0.15, 0.2) is 16.9 Å². The SMILES string of the molecule is O=C(Nc1ccc(=O)[nH]n1)C1COCCO1. The third kappa shape index (κ3) is 2.65. The lowest BCUT2D eigenvalue weighted by atomic mass is 10.3. The van der Waals surface area contributed by atoms with Gasteiger partial charge in [-0.1, -0.05) is 0 Å². The van der Waals surface area contributed by atoms with E-state index in [1.807, 2.05) is 0 Å². The topological polar surface area (TPSA) is 93.3 Å². The molecule has 1 aromatic heterocycles. The zero-order valence-corrected chi connectivity index (χ0v) is 8.43. The molecule has 2 rings (SSSR count). The quantitative estimate of drug-likeness (QED) is 0.682. The number of hydrogen-bond acceptors (Lipinski definition) is 5. The van der Waals surface area contributed by atoms with E-state index in [-0.39, 0.29) is 23.9 Å². The predicted molar refractivity (Wildman–Crippen MR) is 54.0 cm³/mol. The number of rotatable bonds is 2. The average Bonchev–Trinajstić information content (AvgIpc) is 2.33. The number of carbonyl (C=O) groups excluding carboxylic acids is 1. The second-order valence-electron chi connectivity index (χ2n) is 3.23. The van der Waals surface area contributed by atoms with Gasteiger partial charge in [-0.05, 0) is 6.07 Å². The maximum absolute atomic E-state index is 11.6. The number of hydrogen-bond donors (Lipinski definition) is 2. The van der Waals surface area contributed by atoms with Gasteiger partial charge in [0.1, 0.15) is 0 Å². The fraction of sp³-hybridized carbons (Fsp3) is 0.444. The van der Waals surface area contributed by atoms with Crippen LogP contribution in [-0.4, -0.2) is 42.0 Å². The van der Waals surface area contributed by atoms with E-state index in [1.165, 1.54) is 12.1 Å². The molecule has 2 heterocycles. The van der Waals surface area contributed by atoms with Crippen molar-refractivity contribution in [2.24, 2.45) is 0 Å². The van der Waals surface area contributed by atoms with E-state index in [0.29, 0.717) is 13.2 Å². The van der Waals surface area contributed by atoms with Crippen LogP contribution in [0, 0.1) is 0 Å². The first kappa shape index (κ1) is 10.8. The lowest BCUT2D eigenvalue weighted by Gasteiger charge is -2.21. The van der Waals surface area contributed by atoms with E-state index in [9.17, 15) is 9.59 Å². The molecule has 0 spiro atoms. The van der Waals surface area contributed by atoms with E-state index in [4.69, 9.17) is 9.47 Å². The van der Waals surface area contributed by atoms with Crippen molar-refractivity contribution in [3.8, 4) is 0 Å². The molecular weight excluding hydrogens is 214 g/mol. The molecule has 0 saturated carbocycles. The molecule has 1 aromatic rings. The molecule has 0 bridgehead atoms. The maximum atomic E-state index is 11.6. The van der Waals surface area contributed by atoms with Crippen molar-refractivity contribution < 1.29 is 14.3 Å². The highest BCUT2D eigenvalue weighted by Gasteiger charge is 2.22. The first-order valence-corrected chi connectivity index (χ1v) is 4.81. The summed E-state index contributed by atoms with van der Waals surface area (Å²) in [5, 5.41) is 8.38. The van der Waals surface area contributed by atoms with Gasteiger partial charge >= 0.3 is 0 Å². The summed E-state index contributed by atoms with van der Waals surface area (Å²) in [5.74, 6) is -0.0574. The number of nitrogens with one attached hydrogen (secondary N) is 2. The molecule has 7 nitrogen and oxygen atoms in total. The van der Waals surface area contributed by atoms with Crippen molar-refractivity contribution in [2.75, 3.05) is 25.1 Å². The maximum Gasteiger partial charge on any atom is 0.264 e. The normalized spacial score (nSPS) is 20.4. The van der Waals surface area contributed by atoms with Gasteiger partial charge in [0.2, 0.25) is 0 Å². The monoisotopic (exact) mass is 225 g/mol. The minimum absolute atomic E-state index is 0.231. The molecule has 1 amide bonds. The first-order chi connectivity index (χ1) is 7.75. The van der Waals surface area contributed by atoms with Crippen molar-refractivity contribution in [1.29, 1.82) is 0 Å². The number of amides is 1. The second kappa shape index (κ2) is 4.86. The summed E-state index contributed by atoms with van der Waals surface area (Å²) in [6.45, 7) is 1.13. The molecule has 1 saturated heterocycles. The molecule has 7 heteroatoms. The summed E-state index contributed by atoms with van der Waals surface area (Å²) >= 11 is 0. The van der Waals surface area contributed by atoms with E-state index in [2.05, 4.69) is 15.5 Å². The van der Waals surface area contributed by atoms with E-state index in [0.717, 1.165) is 0 Å². The minimum Gasteiger partial charge on any atom is -0.376 e. The number of nitrogens with zero attached hydrogens (tertiary/aromatic N) is 1. The Morgan fingerprint density at radius 1 is 1.50 bits per heavy atom. The number of aromatic nitrogens is 2. The summed E-state index contributed by atoms with van der Waals surface area (Å²) in [6, 6.07) is 2.70. The first-order valence-electron chi connectivity index (χ1n) is 4.81. The van der Waals surface area contributed by atoms with Crippen LogP contribution in [0.1, 0.15) is 0 Å². The Morgan fingerprint density at radius 2 is 2.38 bits per heavy atom. The van der Waals surface area contributed by atoms with E-state index in [1.54, 1.807) is 0 Å². The number of aromatic amines is 1. The third-order valence-electron chi connectivity index (χ3n) is 2.04. The zero-order valence-electron chi connectivity index (χ0n) is 8.43. The van der Waals surface area contributed by atoms with Crippen LogP contribution in [0.4, 0.5) is 5.82 Å². The second-order valence-corrected chi connectivity index (χ2v) is 3.23. The van der Waals surface area contributed by atoms with Crippen molar-refractivity contribution in [3.63, 3.8) is 0 Å². The van der Waals surface area contributed by atoms with Crippen LogP contribution in [0.25, 0.3) is 0 Å². The average molecular weight is 225 g/mol.